The van der Waals surface area contributed by atoms with E-state index in [0.29, 0.717) is 17.7 Å². The highest BCUT2D eigenvalue weighted by Gasteiger charge is 2.18. The number of benzene rings is 1. The Labute approximate surface area is 96.9 Å². The van der Waals surface area contributed by atoms with Crippen LogP contribution in [0, 0.1) is 5.92 Å². The first kappa shape index (κ1) is 11.3. The van der Waals surface area contributed by atoms with Gasteiger partial charge < -0.3 is 15.7 Å². The molecule has 3 heteroatoms. The van der Waals surface area contributed by atoms with Crippen molar-refractivity contribution in [3.05, 3.63) is 23.8 Å². The van der Waals surface area contributed by atoms with E-state index in [1.807, 2.05) is 12.1 Å². The van der Waals surface area contributed by atoms with Gasteiger partial charge in [-0.3, -0.25) is 0 Å². The third-order valence-electron chi connectivity index (χ3n) is 2.99. The summed E-state index contributed by atoms with van der Waals surface area (Å²) < 4.78 is 0. The Balaban J connectivity index is 1.99. The third-order valence-corrected chi connectivity index (χ3v) is 2.99. The minimum atomic E-state index is 0.359. The van der Waals surface area contributed by atoms with E-state index in [-0.39, 0.29) is 0 Å². The van der Waals surface area contributed by atoms with Crippen LogP contribution in [0.3, 0.4) is 0 Å². The van der Waals surface area contributed by atoms with Crippen molar-refractivity contribution in [1.29, 1.82) is 0 Å². The molecule has 1 aromatic rings. The molecule has 0 aromatic heterocycles. The van der Waals surface area contributed by atoms with Gasteiger partial charge in [-0.1, -0.05) is 13.8 Å². The Morgan fingerprint density at radius 1 is 1.50 bits per heavy atom. The van der Waals surface area contributed by atoms with Crippen molar-refractivity contribution < 1.29 is 5.11 Å². The molecule has 88 valence electrons. The van der Waals surface area contributed by atoms with Gasteiger partial charge in [0.05, 0.1) is 0 Å². The van der Waals surface area contributed by atoms with Gasteiger partial charge in [0.15, 0.2) is 0 Å². The van der Waals surface area contributed by atoms with E-state index in [1.54, 1.807) is 6.07 Å². The van der Waals surface area contributed by atoms with Crippen LogP contribution in [0.25, 0.3) is 0 Å². The zero-order chi connectivity index (χ0) is 11.5. The quantitative estimate of drug-likeness (QED) is 0.682. The fourth-order valence-corrected chi connectivity index (χ4v) is 2.11. The lowest BCUT2D eigenvalue weighted by Crippen LogP contribution is -2.35. The van der Waals surface area contributed by atoms with Gasteiger partial charge in [0, 0.05) is 24.8 Å². The van der Waals surface area contributed by atoms with Crippen molar-refractivity contribution in [1.82, 2.24) is 5.32 Å². The summed E-state index contributed by atoms with van der Waals surface area (Å²) in [5.41, 5.74) is 2.39. The predicted molar refractivity (Wildman–Crippen MR) is 66.9 cm³/mol. The van der Waals surface area contributed by atoms with Crippen molar-refractivity contribution in [3.63, 3.8) is 0 Å². The van der Waals surface area contributed by atoms with Gasteiger partial charge in [0.25, 0.3) is 0 Å². The van der Waals surface area contributed by atoms with E-state index in [9.17, 15) is 5.11 Å². The Morgan fingerprint density at radius 3 is 3.06 bits per heavy atom. The molecular formula is C13H20N2O. The van der Waals surface area contributed by atoms with Crippen molar-refractivity contribution in [2.45, 2.75) is 26.3 Å². The van der Waals surface area contributed by atoms with E-state index < -0.39 is 0 Å². The molecule has 0 amide bonds. The summed E-state index contributed by atoms with van der Waals surface area (Å²) in [7, 11) is 0. The number of hydrogen-bond donors (Lipinski definition) is 3. The maximum atomic E-state index is 9.45. The molecule has 0 saturated carbocycles. The summed E-state index contributed by atoms with van der Waals surface area (Å²) in [6.45, 7) is 6.36. The highest BCUT2D eigenvalue weighted by molar-refractivity contribution is 5.55. The first-order valence-electron chi connectivity index (χ1n) is 5.94. The maximum Gasteiger partial charge on any atom is 0.116 e. The number of rotatable bonds is 3. The molecule has 1 aliphatic heterocycles. The highest BCUT2D eigenvalue weighted by atomic mass is 16.3. The molecule has 16 heavy (non-hydrogen) atoms. The first-order valence-corrected chi connectivity index (χ1v) is 5.94. The molecule has 0 fully saturated rings. The summed E-state index contributed by atoms with van der Waals surface area (Å²) in [6, 6.07) is 6.09. The fraction of sp³-hybridized carbons (Fsp3) is 0.538. The minimum absolute atomic E-state index is 0.359. The van der Waals surface area contributed by atoms with Crippen LogP contribution in [0.4, 0.5) is 5.69 Å². The predicted octanol–water partition coefficient (Wildman–Crippen LogP) is 1.97. The molecule has 0 radical (unpaired) electrons. The molecule has 1 aliphatic rings. The van der Waals surface area contributed by atoms with Crippen LogP contribution in [0.1, 0.15) is 19.4 Å². The van der Waals surface area contributed by atoms with E-state index in [4.69, 9.17) is 0 Å². The van der Waals surface area contributed by atoms with Crippen LogP contribution in [0.15, 0.2) is 18.2 Å². The monoisotopic (exact) mass is 220 g/mol. The number of hydrogen-bond acceptors (Lipinski definition) is 3. The lowest BCUT2D eigenvalue weighted by molar-refractivity contribution is 0.450. The second kappa shape index (κ2) is 4.74. The maximum absolute atomic E-state index is 9.45. The van der Waals surface area contributed by atoms with Gasteiger partial charge in [-0.05, 0) is 36.1 Å². The van der Waals surface area contributed by atoms with Crippen molar-refractivity contribution in [2.75, 3.05) is 18.4 Å². The molecular weight excluding hydrogens is 200 g/mol. The van der Waals surface area contributed by atoms with E-state index in [0.717, 1.165) is 19.5 Å². The van der Waals surface area contributed by atoms with Crippen molar-refractivity contribution in [3.8, 4) is 5.75 Å². The standard InChI is InChI=1S/C13H20N2O/c1-9(2)14-7-10-5-11-6-12(16)3-4-13(11)15-8-10/h3-4,6,9-10,14-16H,5,7-8H2,1-2H3. The Kier molecular flexibility index (Phi) is 3.34. The van der Waals surface area contributed by atoms with Crippen molar-refractivity contribution in [2.24, 2.45) is 5.92 Å². The van der Waals surface area contributed by atoms with E-state index in [2.05, 4.69) is 24.5 Å². The lowest BCUT2D eigenvalue weighted by atomic mass is 9.93. The van der Waals surface area contributed by atoms with E-state index >= 15 is 0 Å². The average Bonchev–Trinajstić information content (AvgIpc) is 2.25. The molecule has 2 rings (SSSR count). The fourth-order valence-electron chi connectivity index (χ4n) is 2.11. The summed E-state index contributed by atoms with van der Waals surface area (Å²) >= 11 is 0. The molecule has 0 saturated heterocycles. The van der Waals surface area contributed by atoms with Crippen LogP contribution in [0.2, 0.25) is 0 Å². The van der Waals surface area contributed by atoms with Gasteiger partial charge in [-0.15, -0.1) is 0 Å². The average molecular weight is 220 g/mol. The number of anilines is 1. The normalized spacial score (nSPS) is 19.3. The van der Waals surface area contributed by atoms with Crippen LogP contribution in [-0.2, 0) is 6.42 Å². The number of phenols is 1. The first-order chi connectivity index (χ1) is 7.65. The molecule has 1 heterocycles. The third kappa shape index (κ3) is 2.67. The Morgan fingerprint density at radius 2 is 2.31 bits per heavy atom. The number of fused-ring (bicyclic) bond motifs is 1. The van der Waals surface area contributed by atoms with Crippen LogP contribution >= 0.6 is 0 Å². The van der Waals surface area contributed by atoms with Gasteiger partial charge in [-0.25, -0.2) is 0 Å². The van der Waals surface area contributed by atoms with E-state index in [1.165, 1.54) is 11.3 Å². The van der Waals surface area contributed by atoms with Crippen LogP contribution in [-0.4, -0.2) is 24.2 Å². The molecule has 3 nitrogen and oxygen atoms in total. The molecule has 3 N–H and O–H groups in total. The van der Waals surface area contributed by atoms with Gasteiger partial charge in [-0.2, -0.15) is 0 Å². The number of nitrogens with one attached hydrogen (secondary N) is 2. The minimum Gasteiger partial charge on any atom is -0.508 e. The zero-order valence-corrected chi connectivity index (χ0v) is 9.96. The molecule has 0 bridgehead atoms. The van der Waals surface area contributed by atoms with Crippen molar-refractivity contribution >= 4 is 5.69 Å². The SMILES string of the molecule is CC(C)NCC1CNc2ccc(O)cc2C1. The van der Waals surface area contributed by atoms with Crippen LogP contribution < -0.4 is 10.6 Å². The summed E-state index contributed by atoms with van der Waals surface area (Å²) in [5.74, 6) is 0.967. The Hall–Kier alpha value is -1.22. The highest BCUT2D eigenvalue weighted by Crippen LogP contribution is 2.27. The van der Waals surface area contributed by atoms with Crippen LogP contribution in [0.5, 0.6) is 5.75 Å². The number of aromatic hydroxyl groups is 1. The zero-order valence-electron chi connectivity index (χ0n) is 9.96. The molecule has 1 aromatic carbocycles. The Bertz CT molecular complexity index is 363. The number of phenolic OH excluding ortho intramolecular Hbond substituents is 1. The smallest absolute Gasteiger partial charge is 0.116 e. The summed E-state index contributed by atoms with van der Waals surface area (Å²) in [5, 5.41) is 16.3. The van der Waals surface area contributed by atoms with Gasteiger partial charge in [0.2, 0.25) is 0 Å². The lowest BCUT2D eigenvalue weighted by Gasteiger charge is -2.27. The summed E-state index contributed by atoms with van der Waals surface area (Å²) in [6.07, 6.45) is 1.04. The molecule has 1 atom stereocenters. The molecule has 0 spiro atoms. The second-order valence-corrected chi connectivity index (χ2v) is 4.86. The topological polar surface area (TPSA) is 44.3 Å². The largest absolute Gasteiger partial charge is 0.508 e. The molecule has 0 aliphatic carbocycles. The molecule has 1 unspecified atom stereocenters. The van der Waals surface area contributed by atoms with Gasteiger partial charge in [0.1, 0.15) is 5.75 Å². The summed E-state index contributed by atoms with van der Waals surface area (Å²) in [4.78, 5) is 0. The van der Waals surface area contributed by atoms with Gasteiger partial charge >= 0.3 is 0 Å². The second-order valence-electron chi connectivity index (χ2n) is 4.86.